The molecule has 58 heavy (non-hydrogen) atoms. The van der Waals surface area contributed by atoms with Gasteiger partial charge in [0.25, 0.3) is 0 Å². The minimum Gasteiger partial charge on any atom is -0.393 e. The van der Waals surface area contributed by atoms with Crippen molar-refractivity contribution in [2.24, 2.45) is 74.9 Å². The van der Waals surface area contributed by atoms with Crippen molar-refractivity contribution in [1.29, 1.82) is 0 Å². The summed E-state index contributed by atoms with van der Waals surface area (Å²) in [4.78, 5) is 24.2. The highest BCUT2D eigenvalue weighted by Gasteiger charge is 2.76. The van der Waals surface area contributed by atoms with Gasteiger partial charge in [0.05, 0.1) is 31.0 Å². The first kappa shape index (κ1) is 41.8. The number of aliphatic hydroxyl groups is 5. The predicted octanol–water partition coefficient (Wildman–Crippen LogP) is 6.41. The molecule has 0 bridgehead atoms. The van der Waals surface area contributed by atoms with E-state index in [-0.39, 0.29) is 30.5 Å². The Morgan fingerprint density at radius 3 is 2.31 bits per heavy atom. The van der Waals surface area contributed by atoms with Crippen LogP contribution in [0.5, 0.6) is 0 Å². The zero-order valence-corrected chi connectivity index (χ0v) is 35.8. The van der Waals surface area contributed by atoms with Crippen LogP contribution in [0.2, 0.25) is 0 Å². The van der Waals surface area contributed by atoms with Crippen molar-refractivity contribution in [3.05, 3.63) is 23.8 Å². The quantitative estimate of drug-likeness (QED) is 0.213. The molecule has 9 fully saturated rings. The fourth-order valence-electron chi connectivity index (χ4n) is 17.1. The summed E-state index contributed by atoms with van der Waals surface area (Å²) in [5, 5.41) is 52.4. The predicted molar refractivity (Wildman–Crippen MR) is 215 cm³/mol. The van der Waals surface area contributed by atoms with Gasteiger partial charge in [0, 0.05) is 29.1 Å². The van der Waals surface area contributed by atoms with E-state index in [1.807, 2.05) is 0 Å². The number of Topliss-reactive ketones (excluding diaryl/α,β-unsaturated/α-hetero) is 1. The smallest absolute Gasteiger partial charge is 0.192 e. The van der Waals surface area contributed by atoms with Crippen molar-refractivity contribution in [2.75, 3.05) is 13.2 Å². The molecule has 1 spiro atoms. The largest absolute Gasteiger partial charge is 0.393 e. The second-order valence-corrected chi connectivity index (χ2v) is 22.5. The summed E-state index contributed by atoms with van der Waals surface area (Å²) >= 11 is 0. The van der Waals surface area contributed by atoms with Gasteiger partial charge >= 0.3 is 0 Å². The lowest BCUT2D eigenvalue weighted by atomic mass is 9.44. The third-order valence-corrected chi connectivity index (χ3v) is 20.3. The van der Waals surface area contributed by atoms with Gasteiger partial charge < -0.3 is 35.0 Å². The average Bonchev–Trinajstić information content (AvgIpc) is 3.71. The minimum absolute atomic E-state index is 0.0135. The van der Waals surface area contributed by atoms with Gasteiger partial charge in [-0.2, -0.15) is 0 Å². The van der Waals surface area contributed by atoms with Crippen LogP contribution in [0.25, 0.3) is 0 Å². The highest BCUT2D eigenvalue weighted by Crippen LogP contribution is 2.72. The van der Waals surface area contributed by atoms with Crippen LogP contribution in [0.15, 0.2) is 23.8 Å². The van der Waals surface area contributed by atoms with E-state index in [9.17, 15) is 35.1 Å². The Morgan fingerprint density at radius 1 is 0.862 bits per heavy atom. The number of ether oxygens (including phenoxy) is 2. The average molecular weight is 811 g/mol. The van der Waals surface area contributed by atoms with Crippen LogP contribution < -0.4 is 0 Å². The molecule has 10 aliphatic rings. The van der Waals surface area contributed by atoms with Crippen LogP contribution in [0, 0.1) is 74.9 Å². The second-order valence-electron chi connectivity index (χ2n) is 22.5. The van der Waals surface area contributed by atoms with Crippen LogP contribution in [0.4, 0.5) is 4.39 Å². The second kappa shape index (κ2) is 13.7. The molecule has 0 amide bonds. The summed E-state index contributed by atoms with van der Waals surface area (Å²) in [5.41, 5.74) is -5.22. The monoisotopic (exact) mass is 811 g/mol. The third-order valence-electron chi connectivity index (χ3n) is 20.3. The summed E-state index contributed by atoms with van der Waals surface area (Å²) in [5.74, 6) is 2.55. The Hall–Kier alpha value is -1.53. The summed E-state index contributed by atoms with van der Waals surface area (Å²) in [6.07, 6.45) is 14.8. The first-order valence-corrected chi connectivity index (χ1v) is 23.1. The first-order valence-electron chi connectivity index (χ1n) is 23.1. The van der Waals surface area contributed by atoms with E-state index in [1.54, 1.807) is 13.8 Å². The molecule has 0 aromatic heterocycles. The number of hydrogen-bond donors (Lipinski definition) is 5. The Kier molecular flexibility index (Phi) is 9.90. The maximum Gasteiger partial charge on any atom is 0.192 e. The van der Waals surface area contributed by atoms with Gasteiger partial charge in [-0.15, -0.1) is 0 Å². The standard InChI is InChI=1S/C27H44O3.C21H27FO6/c1-16-7-12-27(29-15-16)17(2)24-23(30-27)14-22-20-6-5-18-13-19(28)8-10-25(18,3)21(20)9-11-26(22,24)4;1-18-6-5-12(24)7-11(18)3-4-13-14-8-15(25)21(28,17(27)10-23)19(14,2)9-16(26)20(13,18)22/h16-24,28H,5-15H2,1-4H3;5-7,13-16,23,25-26,28H,3-4,8-10H2,1-2H3/t16-,17+,18+,19+,20-,21+,22+,23+,24+,25+,26+,27-;13-,14-,15+,16-,18-,19-,20-,21-/m10/s1. The molecular weight excluding hydrogens is 740 g/mol. The summed E-state index contributed by atoms with van der Waals surface area (Å²) in [6.45, 7) is 13.2. The number of aliphatic hydroxyl groups excluding tert-OH is 4. The molecule has 2 saturated heterocycles. The molecular formula is C48H71FO9. The van der Waals surface area contributed by atoms with Crippen LogP contribution in [-0.4, -0.2) is 91.8 Å². The number of carbonyl (C=O) groups is 2. The zero-order chi connectivity index (χ0) is 41.6. The normalized spacial score (nSPS) is 57.7. The summed E-state index contributed by atoms with van der Waals surface area (Å²) in [6, 6.07) is 0. The molecule has 20 atom stereocenters. The van der Waals surface area contributed by atoms with Gasteiger partial charge in [-0.05, 0) is 155 Å². The number of ketones is 2. The van der Waals surface area contributed by atoms with E-state index >= 15 is 4.39 Å². The Balaban J connectivity index is 0.000000151. The van der Waals surface area contributed by atoms with Crippen LogP contribution in [-0.2, 0) is 19.1 Å². The molecule has 2 heterocycles. The molecule has 0 radical (unpaired) electrons. The van der Waals surface area contributed by atoms with Crippen LogP contribution in [0.1, 0.15) is 131 Å². The van der Waals surface area contributed by atoms with Crippen molar-refractivity contribution in [3.8, 4) is 0 Å². The SMILES string of the molecule is C[C@@H]1CC[C@@]2(OC1)O[C@H]1C[C@H]3[C@@H]4CC[C@H]5C[C@@H](O)CC[C@]5(C)[C@H]4CC[C@]3(C)[C@H]1[C@@H]2C.C[C@]12C=CC(=O)C=C1CC[C@H]1[C@@H]3C[C@@H](O)[C@](O)(C(=O)CO)[C@@]3(C)C[C@H](O)[C@@]12F. The molecule has 324 valence electrons. The van der Waals surface area contributed by atoms with Gasteiger partial charge in [-0.3, -0.25) is 9.59 Å². The Bertz CT molecular complexity index is 1740. The fourth-order valence-corrected chi connectivity index (χ4v) is 17.1. The number of alkyl halides is 1. The molecule has 2 aliphatic heterocycles. The number of carbonyl (C=O) groups excluding carboxylic acids is 2. The van der Waals surface area contributed by atoms with E-state index in [0.717, 1.165) is 49.5 Å². The molecule has 7 saturated carbocycles. The first-order chi connectivity index (χ1) is 27.2. The van der Waals surface area contributed by atoms with Crippen molar-refractivity contribution in [3.63, 3.8) is 0 Å². The maximum atomic E-state index is 16.8. The van der Waals surface area contributed by atoms with E-state index in [1.165, 1.54) is 63.2 Å². The van der Waals surface area contributed by atoms with Gasteiger partial charge in [0.2, 0.25) is 0 Å². The molecule has 0 aromatic rings. The van der Waals surface area contributed by atoms with E-state index in [0.29, 0.717) is 53.1 Å². The number of fused-ring (bicyclic) bond motifs is 12. The highest BCUT2D eigenvalue weighted by atomic mass is 19.1. The zero-order valence-electron chi connectivity index (χ0n) is 35.8. The number of allylic oxidation sites excluding steroid dienone is 4. The molecule has 5 N–H and O–H groups in total. The Morgan fingerprint density at radius 2 is 1.60 bits per heavy atom. The van der Waals surface area contributed by atoms with E-state index in [2.05, 4.69) is 27.7 Å². The van der Waals surface area contributed by atoms with Crippen LogP contribution >= 0.6 is 0 Å². The lowest BCUT2D eigenvalue weighted by molar-refractivity contribution is -0.273. The van der Waals surface area contributed by atoms with E-state index in [4.69, 9.17) is 9.47 Å². The lowest BCUT2D eigenvalue weighted by Gasteiger charge is -2.62. The highest BCUT2D eigenvalue weighted by molar-refractivity contribution is 6.01. The van der Waals surface area contributed by atoms with Crippen molar-refractivity contribution in [2.45, 2.75) is 173 Å². The van der Waals surface area contributed by atoms with Crippen molar-refractivity contribution in [1.82, 2.24) is 0 Å². The van der Waals surface area contributed by atoms with Gasteiger partial charge in [0.1, 0.15) is 6.61 Å². The summed E-state index contributed by atoms with van der Waals surface area (Å²) < 4.78 is 30.1. The Labute approximate surface area is 344 Å². The van der Waals surface area contributed by atoms with Crippen LogP contribution in [0.3, 0.4) is 0 Å². The number of rotatable bonds is 2. The number of halogens is 1. The van der Waals surface area contributed by atoms with Gasteiger partial charge in [0.15, 0.2) is 28.6 Å². The molecule has 0 aromatic carbocycles. The molecule has 0 unspecified atom stereocenters. The molecule has 10 rings (SSSR count). The van der Waals surface area contributed by atoms with E-state index < -0.39 is 58.5 Å². The lowest BCUT2D eigenvalue weighted by Crippen LogP contribution is -2.69. The van der Waals surface area contributed by atoms with Gasteiger partial charge in [-0.1, -0.05) is 46.3 Å². The molecule has 10 heteroatoms. The fraction of sp³-hybridized carbons (Fsp3) is 0.875. The summed E-state index contributed by atoms with van der Waals surface area (Å²) in [7, 11) is 0. The van der Waals surface area contributed by atoms with Crippen molar-refractivity contribution >= 4 is 11.6 Å². The molecule has 8 aliphatic carbocycles. The molecule has 9 nitrogen and oxygen atoms in total. The minimum atomic E-state index is -2.23. The topological polar surface area (TPSA) is 154 Å². The third kappa shape index (κ3) is 5.36. The van der Waals surface area contributed by atoms with Crippen molar-refractivity contribution < 1.29 is 49.0 Å². The number of hydrogen-bond acceptors (Lipinski definition) is 9. The van der Waals surface area contributed by atoms with Gasteiger partial charge in [-0.25, -0.2) is 4.39 Å². The maximum absolute atomic E-state index is 16.8.